The van der Waals surface area contributed by atoms with Gasteiger partial charge in [0.1, 0.15) is 11.9 Å². The van der Waals surface area contributed by atoms with Gasteiger partial charge in [0.15, 0.2) is 0 Å². The average Bonchev–Trinajstić information content (AvgIpc) is 3.21. The molecule has 2 aliphatic heterocycles. The largest absolute Gasteiger partial charge is 0.486 e. The topological polar surface area (TPSA) is 32.8 Å². The summed E-state index contributed by atoms with van der Waals surface area (Å²) in [4.78, 5) is 17.7. The van der Waals surface area contributed by atoms with Gasteiger partial charge in [0.2, 0.25) is 0 Å². The minimum Gasteiger partial charge on any atom is -0.486 e. The summed E-state index contributed by atoms with van der Waals surface area (Å²) in [6.45, 7) is 2.03. The summed E-state index contributed by atoms with van der Waals surface area (Å²) in [7, 11) is 1.63. The molecule has 3 heterocycles. The van der Waals surface area contributed by atoms with E-state index in [4.69, 9.17) is 4.74 Å². The number of likely N-dealkylation sites (tertiary alicyclic amines) is 1. The van der Waals surface area contributed by atoms with E-state index in [0.717, 1.165) is 18.7 Å². The Bertz CT molecular complexity index is 822. The molecule has 0 bridgehead atoms. The Morgan fingerprint density at radius 1 is 1.27 bits per heavy atom. The molecular weight excluding hydrogens is 365 g/mol. The van der Waals surface area contributed by atoms with Crippen molar-refractivity contribution in [1.82, 2.24) is 9.80 Å². The van der Waals surface area contributed by atoms with Gasteiger partial charge in [-0.3, -0.25) is 9.69 Å². The molecule has 2 aromatic rings. The van der Waals surface area contributed by atoms with Crippen LogP contribution in [0.1, 0.15) is 20.8 Å². The monoisotopic (exact) mass is 382 g/mol. The molecule has 138 valence electrons. The second-order valence-corrected chi connectivity index (χ2v) is 7.65. The molecule has 4 nitrogen and oxygen atoms in total. The molecular formula is C18H17F3N2O2S. The molecule has 2 atom stereocenters. The van der Waals surface area contributed by atoms with E-state index >= 15 is 0 Å². The number of alkyl halides is 3. The van der Waals surface area contributed by atoms with E-state index in [9.17, 15) is 18.0 Å². The predicted octanol–water partition coefficient (Wildman–Crippen LogP) is 3.48. The third-order valence-corrected chi connectivity index (χ3v) is 5.77. The second kappa shape index (κ2) is 6.28. The number of hydrogen-bond donors (Lipinski definition) is 0. The summed E-state index contributed by atoms with van der Waals surface area (Å²) in [6, 6.07) is 6.97. The van der Waals surface area contributed by atoms with Crippen LogP contribution in [0, 0.1) is 0 Å². The van der Waals surface area contributed by atoms with Gasteiger partial charge in [0, 0.05) is 31.6 Å². The molecule has 8 heteroatoms. The minimum absolute atomic E-state index is 0.0264. The predicted molar refractivity (Wildman–Crippen MR) is 91.3 cm³/mol. The zero-order valence-electron chi connectivity index (χ0n) is 14.0. The van der Waals surface area contributed by atoms with Crippen LogP contribution in [0.4, 0.5) is 13.2 Å². The first-order valence-corrected chi connectivity index (χ1v) is 9.10. The third-order valence-electron chi connectivity index (χ3n) is 4.91. The van der Waals surface area contributed by atoms with Gasteiger partial charge in [-0.1, -0.05) is 6.07 Å². The summed E-state index contributed by atoms with van der Waals surface area (Å²) in [5.74, 6) is -0.211. The highest BCUT2D eigenvalue weighted by molar-refractivity contribution is 7.09. The van der Waals surface area contributed by atoms with Gasteiger partial charge in [0.25, 0.3) is 5.91 Å². The highest BCUT2D eigenvalue weighted by Gasteiger charge is 2.43. The van der Waals surface area contributed by atoms with E-state index in [1.165, 1.54) is 15.8 Å². The van der Waals surface area contributed by atoms with Crippen LogP contribution in [0.15, 0.2) is 35.7 Å². The van der Waals surface area contributed by atoms with Gasteiger partial charge in [0.05, 0.1) is 17.2 Å². The van der Waals surface area contributed by atoms with Crippen LogP contribution in [0.2, 0.25) is 0 Å². The van der Waals surface area contributed by atoms with Gasteiger partial charge >= 0.3 is 6.18 Å². The van der Waals surface area contributed by atoms with Crippen molar-refractivity contribution in [3.8, 4) is 5.75 Å². The summed E-state index contributed by atoms with van der Waals surface area (Å²) in [5, 5.41) is 2.02. The van der Waals surface area contributed by atoms with Gasteiger partial charge in [-0.15, -0.1) is 11.3 Å². The maximum Gasteiger partial charge on any atom is 0.416 e. The van der Waals surface area contributed by atoms with E-state index < -0.39 is 17.6 Å². The fraction of sp³-hybridized carbons (Fsp3) is 0.389. The SMILES string of the molecule is CN1C(=O)c2cc(C(F)(F)F)ccc2OC2CN(Cc3cccs3)CC21. The summed E-state index contributed by atoms with van der Waals surface area (Å²) in [6.07, 6.45) is -4.75. The molecule has 1 fully saturated rings. The van der Waals surface area contributed by atoms with Crippen LogP contribution in [0.5, 0.6) is 5.75 Å². The Morgan fingerprint density at radius 3 is 2.77 bits per heavy atom. The normalized spacial score (nSPS) is 23.4. The average molecular weight is 382 g/mol. The van der Waals surface area contributed by atoms with Gasteiger partial charge in [-0.2, -0.15) is 13.2 Å². The first kappa shape index (κ1) is 17.4. The Labute approximate surface area is 152 Å². The number of halogens is 3. The van der Waals surface area contributed by atoms with E-state index in [1.54, 1.807) is 18.4 Å². The molecule has 0 aliphatic carbocycles. The molecule has 4 rings (SSSR count). The summed E-state index contributed by atoms with van der Waals surface area (Å²) < 4.78 is 44.9. The number of thiophene rings is 1. The Morgan fingerprint density at radius 2 is 2.08 bits per heavy atom. The van der Waals surface area contributed by atoms with Crippen molar-refractivity contribution in [2.24, 2.45) is 0 Å². The highest BCUT2D eigenvalue weighted by atomic mass is 32.1. The van der Waals surface area contributed by atoms with Gasteiger partial charge in [-0.25, -0.2) is 0 Å². The van der Waals surface area contributed by atoms with Crippen LogP contribution < -0.4 is 4.74 Å². The van der Waals surface area contributed by atoms with Crippen molar-refractivity contribution in [2.45, 2.75) is 24.9 Å². The smallest absolute Gasteiger partial charge is 0.416 e. The number of nitrogens with zero attached hydrogens (tertiary/aromatic N) is 2. The van der Waals surface area contributed by atoms with Crippen LogP contribution in [-0.4, -0.2) is 48.0 Å². The minimum atomic E-state index is -4.49. The highest BCUT2D eigenvalue weighted by Crippen LogP contribution is 2.36. The van der Waals surface area contributed by atoms with Crippen molar-refractivity contribution in [2.75, 3.05) is 20.1 Å². The van der Waals surface area contributed by atoms with E-state index in [2.05, 4.69) is 11.0 Å². The van der Waals surface area contributed by atoms with E-state index in [-0.39, 0.29) is 23.5 Å². The third kappa shape index (κ3) is 3.07. The molecule has 1 aromatic heterocycles. The van der Waals surface area contributed by atoms with Crippen LogP contribution >= 0.6 is 11.3 Å². The first-order chi connectivity index (χ1) is 12.3. The summed E-state index contributed by atoms with van der Waals surface area (Å²) in [5.41, 5.74) is -0.866. The van der Waals surface area contributed by atoms with Crippen molar-refractivity contribution in [3.63, 3.8) is 0 Å². The number of rotatable bonds is 2. The van der Waals surface area contributed by atoms with Crippen molar-refractivity contribution in [3.05, 3.63) is 51.7 Å². The lowest BCUT2D eigenvalue weighted by Crippen LogP contribution is -2.44. The zero-order chi connectivity index (χ0) is 18.5. The molecule has 2 unspecified atom stereocenters. The van der Waals surface area contributed by atoms with Crippen molar-refractivity contribution in [1.29, 1.82) is 0 Å². The summed E-state index contributed by atoms with van der Waals surface area (Å²) >= 11 is 1.67. The van der Waals surface area contributed by atoms with E-state index in [0.29, 0.717) is 13.1 Å². The first-order valence-electron chi connectivity index (χ1n) is 8.23. The molecule has 26 heavy (non-hydrogen) atoms. The van der Waals surface area contributed by atoms with Gasteiger partial charge in [-0.05, 0) is 29.6 Å². The van der Waals surface area contributed by atoms with Gasteiger partial charge < -0.3 is 9.64 Å². The van der Waals surface area contributed by atoms with E-state index in [1.807, 2.05) is 11.4 Å². The van der Waals surface area contributed by atoms with Crippen LogP contribution in [0.3, 0.4) is 0 Å². The maximum absolute atomic E-state index is 13.0. The number of likely N-dealkylation sites (N-methyl/N-ethyl adjacent to an activating group) is 1. The Kier molecular flexibility index (Phi) is 4.19. The quantitative estimate of drug-likeness (QED) is 0.797. The maximum atomic E-state index is 13.0. The fourth-order valence-corrected chi connectivity index (χ4v) is 4.30. The number of carbonyl (C=O) groups excluding carboxylic acids is 1. The zero-order valence-corrected chi connectivity index (χ0v) is 14.8. The molecule has 2 aliphatic rings. The Balaban J connectivity index is 1.60. The van der Waals surface area contributed by atoms with Crippen molar-refractivity contribution >= 4 is 17.2 Å². The lowest BCUT2D eigenvalue weighted by atomic mass is 10.1. The Hall–Kier alpha value is -2.06. The molecule has 0 radical (unpaired) electrons. The molecule has 1 amide bonds. The fourth-order valence-electron chi connectivity index (χ4n) is 3.55. The number of hydrogen-bond acceptors (Lipinski definition) is 4. The van der Waals surface area contributed by atoms with Crippen molar-refractivity contribution < 1.29 is 22.7 Å². The number of amides is 1. The molecule has 0 N–H and O–H groups in total. The molecule has 1 aromatic carbocycles. The van der Waals surface area contributed by atoms with Crippen LogP contribution in [0.25, 0.3) is 0 Å². The number of fused-ring (bicyclic) bond motifs is 2. The second-order valence-electron chi connectivity index (χ2n) is 6.62. The lowest BCUT2D eigenvalue weighted by molar-refractivity contribution is -0.137. The number of benzene rings is 1. The molecule has 0 saturated carbocycles. The lowest BCUT2D eigenvalue weighted by Gasteiger charge is -2.25. The standard InChI is InChI=1S/C18H17F3N2O2S/c1-22-14-9-23(8-12-3-2-6-26-12)10-16(14)25-15-5-4-11(18(19,20)21)7-13(15)17(22)24/h2-7,14,16H,8-10H2,1H3. The van der Waals surface area contributed by atoms with Crippen LogP contribution in [-0.2, 0) is 12.7 Å². The molecule has 0 spiro atoms. The molecule has 1 saturated heterocycles. The number of carbonyl (C=O) groups is 1. The number of ether oxygens (including phenoxy) is 1.